The average molecular weight is 418 g/mol. The summed E-state index contributed by atoms with van der Waals surface area (Å²) in [5.41, 5.74) is 3.52. The maximum absolute atomic E-state index is 12.3. The highest BCUT2D eigenvalue weighted by atomic mass is 16.5. The normalized spacial score (nSPS) is 11.7. The molecule has 0 aromatic heterocycles. The number of nitrogens with one attached hydrogen (secondary N) is 1. The molecule has 0 radical (unpaired) electrons. The van der Waals surface area contributed by atoms with Crippen molar-refractivity contribution in [3.8, 4) is 11.5 Å². The van der Waals surface area contributed by atoms with Crippen molar-refractivity contribution in [2.24, 2.45) is 0 Å². The summed E-state index contributed by atoms with van der Waals surface area (Å²) in [7, 11) is 0. The van der Waals surface area contributed by atoms with E-state index in [1.165, 1.54) is 5.56 Å². The summed E-state index contributed by atoms with van der Waals surface area (Å²) >= 11 is 0. The van der Waals surface area contributed by atoms with E-state index >= 15 is 0 Å². The van der Waals surface area contributed by atoms with Crippen molar-refractivity contribution in [1.82, 2.24) is 5.32 Å². The van der Waals surface area contributed by atoms with Gasteiger partial charge in [0.05, 0.1) is 6.61 Å². The highest BCUT2D eigenvalue weighted by Crippen LogP contribution is 2.29. The van der Waals surface area contributed by atoms with Crippen molar-refractivity contribution in [3.63, 3.8) is 0 Å². The predicted octanol–water partition coefficient (Wildman–Crippen LogP) is 5.52. The SMILES string of the molecule is CCOc1cc(CNC(C)c2ccccc2)ccc1OCC(=O)CCc1ccccc1. The molecule has 0 spiro atoms. The molecule has 4 nitrogen and oxygen atoms in total. The molecule has 0 aliphatic heterocycles. The Morgan fingerprint density at radius 3 is 2.29 bits per heavy atom. The van der Waals surface area contributed by atoms with Crippen LogP contribution >= 0.6 is 0 Å². The van der Waals surface area contributed by atoms with Gasteiger partial charge in [0, 0.05) is 19.0 Å². The fourth-order valence-electron chi connectivity index (χ4n) is 3.34. The molecule has 31 heavy (non-hydrogen) atoms. The van der Waals surface area contributed by atoms with Gasteiger partial charge in [0.1, 0.15) is 6.61 Å². The molecule has 1 unspecified atom stereocenters. The van der Waals surface area contributed by atoms with Gasteiger partial charge in [-0.3, -0.25) is 4.79 Å². The Bertz CT molecular complexity index is 941. The maximum Gasteiger partial charge on any atom is 0.170 e. The molecule has 0 saturated heterocycles. The standard InChI is InChI=1S/C27H31NO3/c1-3-30-27-18-23(19-28-21(2)24-12-8-5-9-13-24)15-17-26(27)31-20-25(29)16-14-22-10-6-4-7-11-22/h4-13,15,17-18,21,28H,3,14,16,19-20H2,1-2H3. The molecule has 1 atom stereocenters. The van der Waals surface area contributed by atoms with E-state index in [0.717, 1.165) is 17.5 Å². The molecule has 1 N–H and O–H groups in total. The summed E-state index contributed by atoms with van der Waals surface area (Å²) in [5.74, 6) is 1.36. The first-order chi connectivity index (χ1) is 15.2. The first-order valence-corrected chi connectivity index (χ1v) is 10.9. The van der Waals surface area contributed by atoms with E-state index < -0.39 is 0 Å². The molecular weight excluding hydrogens is 386 g/mol. The molecule has 0 bridgehead atoms. The van der Waals surface area contributed by atoms with Crippen LogP contribution in [0.4, 0.5) is 0 Å². The Morgan fingerprint density at radius 2 is 1.58 bits per heavy atom. The van der Waals surface area contributed by atoms with Crippen LogP contribution in [0.25, 0.3) is 0 Å². The van der Waals surface area contributed by atoms with Gasteiger partial charge < -0.3 is 14.8 Å². The number of carbonyl (C=O) groups excluding carboxylic acids is 1. The van der Waals surface area contributed by atoms with E-state index in [1.54, 1.807) is 0 Å². The molecular formula is C27H31NO3. The second-order valence-corrected chi connectivity index (χ2v) is 7.54. The molecule has 162 valence electrons. The number of hydrogen-bond acceptors (Lipinski definition) is 4. The summed E-state index contributed by atoms with van der Waals surface area (Å²) in [4.78, 5) is 12.3. The third-order valence-electron chi connectivity index (χ3n) is 5.14. The van der Waals surface area contributed by atoms with Crippen LogP contribution in [0.5, 0.6) is 11.5 Å². The highest BCUT2D eigenvalue weighted by molar-refractivity contribution is 5.80. The quantitative estimate of drug-likeness (QED) is 0.422. The van der Waals surface area contributed by atoms with Gasteiger partial charge in [0.2, 0.25) is 0 Å². The first kappa shape index (κ1) is 22.6. The molecule has 0 heterocycles. The maximum atomic E-state index is 12.3. The van der Waals surface area contributed by atoms with Crippen LogP contribution in [-0.4, -0.2) is 19.0 Å². The number of ether oxygens (including phenoxy) is 2. The number of ketones is 1. The van der Waals surface area contributed by atoms with Crippen LogP contribution in [0.3, 0.4) is 0 Å². The van der Waals surface area contributed by atoms with Crippen molar-refractivity contribution < 1.29 is 14.3 Å². The third-order valence-corrected chi connectivity index (χ3v) is 5.14. The van der Waals surface area contributed by atoms with Gasteiger partial charge in [-0.25, -0.2) is 0 Å². The monoisotopic (exact) mass is 417 g/mol. The first-order valence-electron chi connectivity index (χ1n) is 10.9. The smallest absolute Gasteiger partial charge is 0.170 e. The molecule has 0 fully saturated rings. The lowest BCUT2D eigenvalue weighted by Gasteiger charge is -2.16. The summed E-state index contributed by atoms with van der Waals surface area (Å²) in [6, 6.07) is 26.5. The van der Waals surface area contributed by atoms with E-state index in [-0.39, 0.29) is 18.4 Å². The van der Waals surface area contributed by atoms with Crippen molar-refractivity contribution in [1.29, 1.82) is 0 Å². The third kappa shape index (κ3) is 7.26. The molecule has 3 aromatic carbocycles. The lowest BCUT2D eigenvalue weighted by atomic mass is 10.1. The minimum absolute atomic E-state index is 0.0511. The van der Waals surface area contributed by atoms with E-state index in [0.29, 0.717) is 31.1 Å². The molecule has 0 aliphatic carbocycles. The molecule has 3 aromatic rings. The molecule has 4 heteroatoms. The van der Waals surface area contributed by atoms with Crippen LogP contribution in [0, 0.1) is 0 Å². The summed E-state index contributed by atoms with van der Waals surface area (Å²) in [5, 5.41) is 3.54. The number of rotatable bonds is 12. The molecule has 0 aliphatic rings. The molecule has 0 saturated carbocycles. The fraction of sp³-hybridized carbons (Fsp3) is 0.296. The number of carbonyl (C=O) groups is 1. The minimum Gasteiger partial charge on any atom is -0.490 e. The second-order valence-electron chi connectivity index (χ2n) is 7.54. The van der Waals surface area contributed by atoms with Gasteiger partial charge in [-0.1, -0.05) is 66.7 Å². The van der Waals surface area contributed by atoms with Crippen LogP contribution < -0.4 is 14.8 Å². The van der Waals surface area contributed by atoms with E-state index in [2.05, 4.69) is 24.4 Å². The lowest BCUT2D eigenvalue weighted by Crippen LogP contribution is -2.18. The number of benzene rings is 3. The molecule has 3 rings (SSSR count). The fourth-order valence-corrected chi connectivity index (χ4v) is 3.34. The zero-order valence-corrected chi connectivity index (χ0v) is 18.3. The van der Waals surface area contributed by atoms with Crippen LogP contribution in [0.2, 0.25) is 0 Å². The van der Waals surface area contributed by atoms with Gasteiger partial charge in [0.15, 0.2) is 17.3 Å². The average Bonchev–Trinajstić information content (AvgIpc) is 2.82. The van der Waals surface area contributed by atoms with Crippen LogP contribution in [-0.2, 0) is 17.8 Å². The zero-order valence-electron chi connectivity index (χ0n) is 18.3. The number of hydrogen-bond donors (Lipinski definition) is 1. The Kier molecular flexibility index (Phi) is 8.68. The van der Waals surface area contributed by atoms with Crippen molar-refractivity contribution >= 4 is 5.78 Å². The van der Waals surface area contributed by atoms with Gasteiger partial charge in [-0.05, 0) is 49.1 Å². The highest BCUT2D eigenvalue weighted by Gasteiger charge is 2.11. The summed E-state index contributed by atoms with van der Waals surface area (Å²) in [6.45, 7) is 5.39. The van der Waals surface area contributed by atoms with E-state index in [4.69, 9.17) is 9.47 Å². The second kappa shape index (κ2) is 11.9. The van der Waals surface area contributed by atoms with Gasteiger partial charge in [-0.2, -0.15) is 0 Å². The minimum atomic E-state index is 0.0511. The van der Waals surface area contributed by atoms with Crippen molar-refractivity contribution in [3.05, 3.63) is 95.6 Å². The largest absolute Gasteiger partial charge is 0.490 e. The summed E-state index contributed by atoms with van der Waals surface area (Å²) in [6.07, 6.45) is 1.19. The molecule has 0 amide bonds. The van der Waals surface area contributed by atoms with Gasteiger partial charge in [-0.15, -0.1) is 0 Å². The Morgan fingerprint density at radius 1 is 0.871 bits per heavy atom. The zero-order chi connectivity index (χ0) is 21.9. The predicted molar refractivity (Wildman–Crippen MR) is 125 cm³/mol. The number of Topliss-reactive ketones (excluding diaryl/α,β-unsaturated/α-hetero) is 1. The van der Waals surface area contributed by atoms with Crippen LogP contribution in [0.15, 0.2) is 78.9 Å². The van der Waals surface area contributed by atoms with Crippen molar-refractivity contribution in [2.75, 3.05) is 13.2 Å². The van der Waals surface area contributed by atoms with E-state index in [1.807, 2.05) is 73.7 Å². The topological polar surface area (TPSA) is 47.6 Å². The summed E-state index contributed by atoms with van der Waals surface area (Å²) < 4.78 is 11.6. The number of aryl methyl sites for hydroxylation is 1. The van der Waals surface area contributed by atoms with Crippen LogP contribution in [0.1, 0.15) is 43.0 Å². The van der Waals surface area contributed by atoms with Gasteiger partial charge >= 0.3 is 0 Å². The van der Waals surface area contributed by atoms with Gasteiger partial charge in [0.25, 0.3) is 0 Å². The Hall–Kier alpha value is -3.11. The Labute approximate surface area is 185 Å². The Balaban J connectivity index is 1.53. The van der Waals surface area contributed by atoms with Crippen molar-refractivity contribution in [2.45, 2.75) is 39.3 Å². The lowest BCUT2D eigenvalue weighted by molar-refractivity contribution is -0.121. The van der Waals surface area contributed by atoms with E-state index in [9.17, 15) is 4.79 Å².